The molecule has 0 aliphatic carbocycles. The van der Waals surface area contributed by atoms with E-state index < -0.39 is 0 Å². The number of furan rings is 1. The van der Waals surface area contributed by atoms with Crippen molar-refractivity contribution in [3.8, 4) is 5.69 Å². The zero-order valence-corrected chi connectivity index (χ0v) is 23.2. The first-order chi connectivity index (χ1) is 21.3. The summed E-state index contributed by atoms with van der Waals surface area (Å²) in [5.74, 6) is 0. The maximum absolute atomic E-state index is 6.62. The van der Waals surface area contributed by atoms with Crippen LogP contribution in [0.1, 0.15) is 6.17 Å². The maximum atomic E-state index is 6.62. The maximum Gasteiger partial charge on any atom is 0.145 e. The molecule has 0 saturated heterocycles. The van der Waals surface area contributed by atoms with Crippen molar-refractivity contribution in [1.29, 1.82) is 0 Å². The van der Waals surface area contributed by atoms with Crippen LogP contribution in [0.3, 0.4) is 0 Å². The number of rotatable bonds is 2. The molecule has 1 atom stereocenters. The van der Waals surface area contributed by atoms with E-state index in [1.165, 1.54) is 32.7 Å². The van der Waals surface area contributed by atoms with Gasteiger partial charge in [-0.25, -0.2) is 0 Å². The normalized spacial score (nSPS) is 15.0. The standard InChI is InChI=1S/C38H26N4O/c1-2-10-23(11-3-1)41-32-20-18-25-24-12-5-9-17-33(24)43-38(25)36(32)27-19-21-31-35(37(27)41)26-13-4-8-16-30(26)42(31)34-22-39-28-14-6-7-15-29(28)40-34/h1-21,34,39-40H,22H2. The van der Waals surface area contributed by atoms with Gasteiger partial charge < -0.3 is 24.2 Å². The number of fused-ring (bicyclic) bond motifs is 12. The van der Waals surface area contributed by atoms with Crippen molar-refractivity contribution in [2.45, 2.75) is 6.17 Å². The highest BCUT2D eigenvalue weighted by Gasteiger charge is 2.26. The highest BCUT2D eigenvalue weighted by Crippen LogP contribution is 2.45. The van der Waals surface area contributed by atoms with Gasteiger partial charge in [-0.05, 0) is 60.7 Å². The minimum atomic E-state index is 0.0476. The molecule has 4 heterocycles. The molecule has 0 bridgehead atoms. The van der Waals surface area contributed by atoms with Gasteiger partial charge >= 0.3 is 0 Å². The number of para-hydroxylation sites is 5. The number of aromatic nitrogens is 2. The lowest BCUT2D eigenvalue weighted by Gasteiger charge is -2.30. The van der Waals surface area contributed by atoms with Gasteiger partial charge in [-0.2, -0.15) is 0 Å². The Morgan fingerprint density at radius 1 is 0.558 bits per heavy atom. The lowest BCUT2D eigenvalue weighted by Crippen LogP contribution is -2.30. The monoisotopic (exact) mass is 554 g/mol. The molecule has 1 unspecified atom stereocenters. The van der Waals surface area contributed by atoms with Crippen LogP contribution in [0.25, 0.3) is 71.2 Å². The van der Waals surface area contributed by atoms with Gasteiger partial charge in [0.2, 0.25) is 0 Å². The van der Waals surface area contributed by atoms with Crippen LogP contribution in [0.15, 0.2) is 132 Å². The van der Waals surface area contributed by atoms with Crippen molar-refractivity contribution in [2.24, 2.45) is 0 Å². The molecule has 0 fully saturated rings. The molecule has 6 aromatic carbocycles. The van der Waals surface area contributed by atoms with Crippen LogP contribution in [-0.2, 0) is 0 Å². The third-order valence-corrected chi connectivity index (χ3v) is 9.17. The lowest BCUT2D eigenvalue weighted by molar-refractivity contribution is 0.616. The first-order valence-electron chi connectivity index (χ1n) is 14.8. The molecule has 5 nitrogen and oxygen atoms in total. The fourth-order valence-electron chi connectivity index (χ4n) is 7.39. The molecule has 1 aliphatic rings. The van der Waals surface area contributed by atoms with Gasteiger partial charge in [0.25, 0.3) is 0 Å². The highest BCUT2D eigenvalue weighted by atomic mass is 16.3. The van der Waals surface area contributed by atoms with Gasteiger partial charge in [0.05, 0.1) is 45.4 Å². The Morgan fingerprint density at radius 3 is 2.19 bits per heavy atom. The molecule has 43 heavy (non-hydrogen) atoms. The number of anilines is 2. The largest absolute Gasteiger partial charge is 0.455 e. The smallest absolute Gasteiger partial charge is 0.145 e. The van der Waals surface area contributed by atoms with Crippen molar-refractivity contribution in [2.75, 3.05) is 17.2 Å². The van der Waals surface area contributed by atoms with Crippen LogP contribution in [-0.4, -0.2) is 15.7 Å². The Balaban J connectivity index is 1.37. The second-order valence-corrected chi connectivity index (χ2v) is 11.4. The summed E-state index contributed by atoms with van der Waals surface area (Å²) in [5.41, 5.74) is 10.0. The summed E-state index contributed by atoms with van der Waals surface area (Å²) in [6.45, 7) is 0.782. The second kappa shape index (κ2) is 8.43. The van der Waals surface area contributed by atoms with E-state index in [-0.39, 0.29) is 6.17 Å². The summed E-state index contributed by atoms with van der Waals surface area (Å²) in [5, 5.41) is 14.6. The van der Waals surface area contributed by atoms with Crippen LogP contribution < -0.4 is 10.6 Å². The molecule has 5 heteroatoms. The van der Waals surface area contributed by atoms with Gasteiger partial charge in [-0.3, -0.25) is 0 Å². The zero-order valence-electron chi connectivity index (χ0n) is 23.2. The van der Waals surface area contributed by atoms with Gasteiger partial charge in [-0.15, -0.1) is 0 Å². The molecule has 0 saturated carbocycles. The van der Waals surface area contributed by atoms with E-state index in [0.29, 0.717) is 0 Å². The average molecular weight is 555 g/mol. The predicted octanol–water partition coefficient (Wildman–Crippen LogP) is 9.83. The summed E-state index contributed by atoms with van der Waals surface area (Å²) >= 11 is 0. The molecule has 2 N–H and O–H groups in total. The molecule has 9 aromatic rings. The average Bonchev–Trinajstić information content (AvgIpc) is 3.72. The molecule has 204 valence electrons. The molecule has 10 rings (SSSR count). The van der Waals surface area contributed by atoms with E-state index >= 15 is 0 Å². The van der Waals surface area contributed by atoms with Gasteiger partial charge in [-0.1, -0.05) is 66.7 Å². The third kappa shape index (κ3) is 3.06. The van der Waals surface area contributed by atoms with Gasteiger partial charge in [0, 0.05) is 32.6 Å². The Kier molecular flexibility index (Phi) is 4.50. The van der Waals surface area contributed by atoms with Crippen molar-refractivity contribution >= 4 is 76.9 Å². The fourth-order valence-corrected chi connectivity index (χ4v) is 7.39. The van der Waals surface area contributed by atoms with Crippen LogP contribution in [0.5, 0.6) is 0 Å². The SMILES string of the molecule is c1ccc(-n2c3ccc4c5ccccc5oc4c3c3ccc4c(c5ccccc5n4C4CNc5ccccc5N4)c32)cc1. The van der Waals surface area contributed by atoms with Gasteiger partial charge in [0.15, 0.2) is 0 Å². The Labute approximate surface area is 246 Å². The van der Waals surface area contributed by atoms with E-state index in [0.717, 1.165) is 56.4 Å². The van der Waals surface area contributed by atoms with Crippen molar-refractivity contribution in [3.05, 3.63) is 127 Å². The second-order valence-electron chi connectivity index (χ2n) is 11.4. The number of nitrogens with zero attached hydrogens (tertiary/aromatic N) is 2. The molecule has 0 amide bonds. The Hall–Kier alpha value is -5.68. The number of hydrogen-bond donors (Lipinski definition) is 2. The van der Waals surface area contributed by atoms with Crippen LogP contribution in [0.4, 0.5) is 11.4 Å². The highest BCUT2D eigenvalue weighted by molar-refractivity contribution is 6.30. The topological polar surface area (TPSA) is 47.1 Å². The van der Waals surface area contributed by atoms with Crippen LogP contribution in [0, 0.1) is 0 Å². The third-order valence-electron chi connectivity index (χ3n) is 9.17. The van der Waals surface area contributed by atoms with Crippen molar-refractivity contribution < 1.29 is 4.42 Å². The minimum Gasteiger partial charge on any atom is -0.455 e. The van der Waals surface area contributed by atoms with E-state index in [1.54, 1.807) is 0 Å². The number of nitrogens with one attached hydrogen (secondary N) is 2. The molecular formula is C38H26N4O. The molecule has 1 aliphatic heterocycles. The first-order valence-corrected chi connectivity index (χ1v) is 14.8. The number of benzene rings is 6. The van der Waals surface area contributed by atoms with E-state index in [1.807, 2.05) is 6.07 Å². The van der Waals surface area contributed by atoms with Crippen molar-refractivity contribution in [1.82, 2.24) is 9.13 Å². The Bertz CT molecular complexity index is 2550. The molecule has 0 radical (unpaired) electrons. The van der Waals surface area contributed by atoms with E-state index in [9.17, 15) is 0 Å². The Morgan fingerprint density at radius 2 is 1.28 bits per heavy atom. The summed E-state index contributed by atoms with van der Waals surface area (Å²) < 4.78 is 11.5. The lowest BCUT2D eigenvalue weighted by atomic mass is 10.1. The predicted molar refractivity (Wildman–Crippen MR) is 179 cm³/mol. The first kappa shape index (κ1) is 22.9. The molecule has 0 spiro atoms. The fraction of sp³-hybridized carbons (Fsp3) is 0.0526. The summed E-state index contributed by atoms with van der Waals surface area (Å²) in [7, 11) is 0. The van der Waals surface area contributed by atoms with E-state index in [2.05, 4.69) is 141 Å². The van der Waals surface area contributed by atoms with Crippen molar-refractivity contribution in [3.63, 3.8) is 0 Å². The summed E-state index contributed by atoms with van der Waals surface area (Å²) in [6.07, 6.45) is 0.0476. The molecule has 3 aromatic heterocycles. The van der Waals surface area contributed by atoms with Crippen LogP contribution in [0.2, 0.25) is 0 Å². The molecular weight excluding hydrogens is 528 g/mol. The number of hydrogen-bond acceptors (Lipinski definition) is 3. The summed E-state index contributed by atoms with van der Waals surface area (Å²) in [4.78, 5) is 0. The quantitative estimate of drug-likeness (QED) is 0.224. The summed E-state index contributed by atoms with van der Waals surface area (Å²) in [6, 6.07) is 45.4. The van der Waals surface area contributed by atoms with E-state index in [4.69, 9.17) is 4.42 Å². The van der Waals surface area contributed by atoms with Crippen LogP contribution >= 0.6 is 0 Å². The minimum absolute atomic E-state index is 0.0476. The van der Waals surface area contributed by atoms with Gasteiger partial charge in [0.1, 0.15) is 17.3 Å². The zero-order chi connectivity index (χ0) is 28.1.